The summed E-state index contributed by atoms with van der Waals surface area (Å²) in [6, 6.07) is 1.99. The van der Waals surface area contributed by atoms with E-state index in [1.54, 1.807) is 4.68 Å². The first-order valence-electron chi connectivity index (χ1n) is 9.62. The van der Waals surface area contributed by atoms with Crippen LogP contribution in [0.1, 0.15) is 49.9 Å². The Morgan fingerprint density at radius 3 is 2.36 bits per heavy atom. The first kappa shape index (κ1) is 18.0. The van der Waals surface area contributed by atoms with Gasteiger partial charge in [0.1, 0.15) is 6.54 Å². The Morgan fingerprint density at radius 2 is 1.68 bits per heavy atom. The second-order valence-corrected chi connectivity index (χ2v) is 7.48. The minimum atomic E-state index is 0.0955. The van der Waals surface area contributed by atoms with Gasteiger partial charge >= 0.3 is 0 Å². The molecule has 6 nitrogen and oxygen atoms in total. The minimum Gasteiger partial charge on any atom is -0.341 e. The van der Waals surface area contributed by atoms with Gasteiger partial charge in [0.15, 0.2) is 0 Å². The van der Waals surface area contributed by atoms with Crippen molar-refractivity contribution in [2.75, 3.05) is 26.2 Å². The molecule has 2 amide bonds. The van der Waals surface area contributed by atoms with Gasteiger partial charge in [-0.15, -0.1) is 0 Å². The van der Waals surface area contributed by atoms with Gasteiger partial charge in [-0.05, 0) is 39.2 Å². The fourth-order valence-corrected chi connectivity index (χ4v) is 4.06. The molecule has 0 bridgehead atoms. The first-order chi connectivity index (χ1) is 12.0. The summed E-state index contributed by atoms with van der Waals surface area (Å²) in [6.45, 7) is 7.01. The molecule has 0 N–H and O–H groups in total. The van der Waals surface area contributed by atoms with Crippen LogP contribution in [0.5, 0.6) is 0 Å². The number of carbonyl (C=O) groups is 2. The number of hydrogen-bond acceptors (Lipinski definition) is 3. The van der Waals surface area contributed by atoms with E-state index in [1.807, 2.05) is 29.7 Å². The van der Waals surface area contributed by atoms with E-state index in [1.165, 1.54) is 19.3 Å². The maximum absolute atomic E-state index is 12.7. The summed E-state index contributed by atoms with van der Waals surface area (Å²) in [5.41, 5.74) is 1.94. The lowest BCUT2D eigenvalue weighted by Gasteiger charge is -2.28. The molecule has 0 radical (unpaired) electrons. The Labute approximate surface area is 150 Å². The van der Waals surface area contributed by atoms with Gasteiger partial charge in [-0.1, -0.05) is 19.3 Å². The molecule has 2 fully saturated rings. The molecule has 25 heavy (non-hydrogen) atoms. The fourth-order valence-electron chi connectivity index (χ4n) is 4.06. The summed E-state index contributed by atoms with van der Waals surface area (Å²) in [4.78, 5) is 29.2. The number of nitrogens with zero attached hydrogens (tertiary/aromatic N) is 4. The molecular weight excluding hydrogens is 316 g/mol. The van der Waals surface area contributed by atoms with E-state index in [0.29, 0.717) is 19.0 Å². The maximum atomic E-state index is 12.7. The zero-order valence-corrected chi connectivity index (χ0v) is 15.5. The Morgan fingerprint density at radius 1 is 1.00 bits per heavy atom. The number of rotatable bonds is 3. The summed E-state index contributed by atoms with van der Waals surface area (Å²) in [5, 5.41) is 4.38. The van der Waals surface area contributed by atoms with E-state index in [2.05, 4.69) is 5.10 Å². The van der Waals surface area contributed by atoms with Gasteiger partial charge in [-0.2, -0.15) is 5.10 Å². The third-order valence-corrected chi connectivity index (χ3v) is 5.50. The second-order valence-electron chi connectivity index (χ2n) is 7.48. The second kappa shape index (κ2) is 8.02. The van der Waals surface area contributed by atoms with Crippen LogP contribution in [0, 0.1) is 19.8 Å². The Bertz CT molecular complexity index is 619. The third kappa shape index (κ3) is 4.41. The van der Waals surface area contributed by atoms with Gasteiger partial charge in [0.05, 0.1) is 5.69 Å². The quantitative estimate of drug-likeness (QED) is 0.842. The standard InChI is InChI=1S/C19H30N4O2/c1-15-13-16(2)23(20-15)14-18(24)21-9-6-10-22(12-11-21)19(25)17-7-4-3-5-8-17/h13,17H,3-12,14H2,1-2H3. The molecule has 138 valence electrons. The lowest BCUT2D eigenvalue weighted by Crippen LogP contribution is -2.41. The van der Waals surface area contributed by atoms with Gasteiger partial charge in [0.25, 0.3) is 0 Å². The van der Waals surface area contributed by atoms with Crippen molar-refractivity contribution >= 4 is 11.8 Å². The molecule has 2 aliphatic rings. The number of aryl methyl sites for hydroxylation is 2. The van der Waals surface area contributed by atoms with Crippen molar-refractivity contribution in [3.8, 4) is 0 Å². The lowest BCUT2D eigenvalue weighted by molar-refractivity contribution is -0.137. The van der Waals surface area contributed by atoms with E-state index >= 15 is 0 Å². The Balaban J connectivity index is 1.54. The molecule has 0 atom stereocenters. The average Bonchev–Trinajstić information content (AvgIpc) is 2.81. The molecular formula is C19H30N4O2. The minimum absolute atomic E-state index is 0.0955. The highest BCUT2D eigenvalue weighted by Gasteiger charge is 2.28. The molecule has 1 aromatic heterocycles. The molecule has 1 aliphatic heterocycles. The van der Waals surface area contributed by atoms with Crippen LogP contribution in [0.3, 0.4) is 0 Å². The van der Waals surface area contributed by atoms with Gasteiger partial charge in [-0.25, -0.2) is 0 Å². The molecule has 6 heteroatoms. The van der Waals surface area contributed by atoms with Crippen molar-refractivity contribution in [3.05, 3.63) is 17.5 Å². The SMILES string of the molecule is Cc1cc(C)n(CC(=O)N2CCCN(C(=O)C3CCCCC3)CC2)n1. The lowest BCUT2D eigenvalue weighted by atomic mass is 9.88. The van der Waals surface area contributed by atoms with Gasteiger partial charge in [0, 0.05) is 37.8 Å². The molecule has 1 aliphatic carbocycles. The molecule has 1 saturated heterocycles. The summed E-state index contributed by atoms with van der Waals surface area (Å²) < 4.78 is 1.77. The number of amides is 2. The largest absolute Gasteiger partial charge is 0.341 e. The van der Waals surface area contributed by atoms with Crippen molar-refractivity contribution in [1.82, 2.24) is 19.6 Å². The van der Waals surface area contributed by atoms with Gasteiger partial charge in [0.2, 0.25) is 11.8 Å². The van der Waals surface area contributed by atoms with E-state index in [4.69, 9.17) is 0 Å². The van der Waals surface area contributed by atoms with Crippen molar-refractivity contribution in [1.29, 1.82) is 0 Å². The molecule has 1 aromatic rings. The van der Waals surface area contributed by atoms with Crippen LogP contribution < -0.4 is 0 Å². The van der Waals surface area contributed by atoms with Crippen LogP contribution in [0.15, 0.2) is 6.07 Å². The molecule has 0 unspecified atom stereocenters. The van der Waals surface area contributed by atoms with Crippen LogP contribution in [0.25, 0.3) is 0 Å². The molecule has 1 saturated carbocycles. The van der Waals surface area contributed by atoms with Crippen LogP contribution in [0.4, 0.5) is 0 Å². The van der Waals surface area contributed by atoms with Crippen LogP contribution in [-0.2, 0) is 16.1 Å². The summed E-state index contributed by atoms with van der Waals surface area (Å²) in [7, 11) is 0. The summed E-state index contributed by atoms with van der Waals surface area (Å²) in [6.07, 6.45) is 6.56. The maximum Gasteiger partial charge on any atom is 0.244 e. The van der Waals surface area contributed by atoms with E-state index in [-0.39, 0.29) is 18.4 Å². The van der Waals surface area contributed by atoms with Gasteiger partial charge in [-0.3, -0.25) is 14.3 Å². The van der Waals surface area contributed by atoms with Crippen molar-refractivity contribution in [2.24, 2.45) is 5.92 Å². The number of aromatic nitrogens is 2. The normalized spacial score (nSPS) is 19.8. The van der Waals surface area contributed by atoms with Crippen molar-refractivity contribution in [2.45, 2.75) is 58.9 Å². The van der Waals surface area contributed by atoms with Crippen LogP contribution >= 0.6 is 0 Å². The molecule has 3 rings (SSSR count). The van der Waals surface area contributed by atoms with Crippen molar-refractivity contribution in [3.63, 3.8) is 0 Å². The summed E-state index contributed by atoms with van der Waals surface area (Å²) in [5.74, 6) is 0.622. The summed E-state index contributed by atoms with van der Waals surface area (Å²) >= 11 is 0. The van der Waals surface area contributed by atoms with E-state index < -0.39 is 0 Å². The Kier molecular flexibility index (Phi) is 5.76. The zero-order valence-electron chi connectivity index (χ0n) is 15.5. The van der Waals surface area contributed by atoms with Crippen LogP contribution in [-0.4, -0.2) is 57.6 Å². The number of carbonyl (C=O) groups excluding carboxylic acids is 2. The molecule has 2 heterocycles. The third-order valence-electron chi connectivity index (χ3n) is 5.50. The van der Waals surface area contributed by atoms with Crippen LogP contribution in [0.2, 0.25) is 0 Å². The van der Waals surface area contributed by atoms with E-state index in [0.717, 1.165) is 43.7 Å². The smallest absolute Gasteiger partial charge is 0.244 e. The predicted molar refractivity (Wildman–Crippen MR) is 96.1 cm³/mol. The highest BCUT2D eigenvalue weighted by Crippen LogP contribution is 2.25. The average molecular weight is 346 g/mol. The highest BCUT2D eigenvalue weighted by molar-refractivity contribution is 5.79. The zero-order chi connectivity index (χ0) is 17.8. The Hall–Kier alpha value is -1.85. The van der Waals surface area contributed by atoms with Gasteiger partial charge < -0.3 is 9.80 Å². The first-order valence-corrected chi connectivity index (χ1v) is 9.62. The topological polar surface area (TPSA) is 58.4 Å². The fraction of sp³-hybridized carbons (Fsp3) is 0.737. The van der Waals surface area contributed by atoms with E-state index in [9.17, 15) is 9.59 Å². The molecule has 0 aromatic carbocycles. The predicted octanol–water partition coefficient (Wildman–Crippen LogP) is 2.14. The number of hydrogen-bond donors (Lipinski definition) is 0. The monoisotopic (exact) mass is 346 g/mol. The van der Waals surface area contributed by atoms with Crippen molar-refractivity contribution < 1.29 is 9.59 Å². The molecule has 0 spiro atoms. The highest BCUT2D eigenvalue weighted by atomic mass is 16.2.